The number of halogens is 1. The minimum Gasteiger partial charge on any atom is -0.364 e. The van der Waals surface area contributed by atoms with Crippen molar-refractivity contribution in [2.45, 2.75) is 6.04 Å². The number of rotatable bonds is 5. The Morgan fingerprint density at radius 1 is 1.64 bits per heavy atom. The van der Waals surface area contributed by atoms with E-state index in [4.69, 9.17) is 10.6 Å². The van der Waals surface area contributed by atoms with Crippen LogP contribution in [0.4, 0.5) is 9.18 Å². The monoisotopic (exact) mass is 307 g/mol. The van der Waals surface area contributed by atoms with Gasteiger partial charge in [-0.05, 0) is 6.08 Å². The van der Waals surface area contributed by atoms with Crippen molar-refractivity contribution < 1.29 is 18.8 Å². The number of nitrogens with two attached hydrogens (primary N) is 1. The number of aromatic nitrogens is 2. The highest BCUT2D eigenvalue weighted by molar-refractivity contribution is 5.90. The molecule has 3 rings (SSSR count). The molecule has 1 aromatic heterocycles. The molecule has 3 amide bonds. The molecule has 1 fully saturated rings. The smallest absolute Gasteiger partial charge is 0.345 e. The highest BCUT2D eigenvalue weighted by Gasteiger charge is 2.41. The van der Waals surface area contributed by atoms with Crippen LogP contribution in [0.5, 0.6) is 0 Å². The van der Waals surface area contributed by atoms with Gasteiger partial charge in [-0.2, -0.15) is 14.6 Å². The first-order valence-electron chi connectivity index (χ1n) is 6.59. The van der Waals surface area contributed by atoms with E-state index >= 15 is 0 Å². The summed E-state index contributed by atoms with van der Waals surface area (Å²) in [4.78, 5) is 30.0. The van der Waals surface area contributed by atoms with Crippen LogP contribution in [0.2, 0.25) is 0 Å². The molecule has 2 N–H and O–H groups in total. The van der Waals surface area contributed by atoms with E-state index in [1.807, 2.05) is 0 Å². The average molecular weight is 307 g/mol. The van der Waals surface area contributed by atoms with E-state index in [-0.39, 0.29) is 30.9 Å². The van der Waals surface area contributed by atoms with Crippen molar-refractivity contribution in [3.63, 3.8) is 0 Å². The first kappa shape index (κ1) is 14.3. The summed E-state index contributed by atoms with van der Waals surface area (Å²) in [6.45, 7) is 4.34. The Bertz CT molecular complexity index is 683. The van der Waals surface area contributed by atoms with Gasteiger partial charge in [0.1, 0.15) is 0 Å². The Labute approximate surface area is 125 Å². The summed E-state index contributed by atoms with van der Waals surface area (Å²) in [6.07, 6.45) is 3.22. The van der Waals surface area contributed by atoms with Gasteiger partial charge in [-0.25, -0.2) is 9.48 Å². The van der Waals surface area contributed by atoms with Crippen LogP contribution in [0.25, 0.3) is 5.70 Å². The topological polar surface area (TPSA) is 93.7 Å². The molecule has 3 heterocycles. The molecule has 1 aromatic rings. The number of fused-ring (bicyclic) bond motifs is 2. The average Bonchev–Trinajstić information content (AvgIpc) is 2.97. The third kappa shape index (κ3) is 2.25. The SMILES string of the molecule is C=CCON1C(=O)N2CC(n3nc(C(N)=O)cc3F)=CC1C2. The fourth-order valence-corrected chi connectivity index (χ4v) is 2.48. The van der Waals surface area contributed by atoms with Gasteiger partial charge in [0, 0.05) is 12.6 Å². The molecule has 0 saturated carbocycles. The first-order chi connectivity index (χ1) is 10.5. The van der Waals surface area contributed by atoms with Crippen LogP contribution in [-0.2, 0) is 4.84 Å². The van der Waals surface area contributed by atoms with Crippen molar-refractivity contribution in [1.82, 2.24) is 19.7 Å². The normalized spacial score (nSPS) is 20.3. The van der Waals surface area contributed by atoms with Crippen LogP contribution in [0.3, 0.4) is 0 Å². The van der Waals surface area contributed by atoms with Gasteiger partial charge >= 0.3 is 6.03 Å². The van der Waals surface area contributed by atoms with Crippen molar-refractivity contribution >= 4 is 17.6 Å². The summed E-state index contributed by atoms with van der Waals surface area (Å²) < 4.78 is 14.9. The van der Waals surface area contributed by atoms with Crippen LogP contribution in [-0.4, -0.2) is 57.4 Å². The number of carbonyl (C=O) groups is 2. The lowest BCUT2D eigenvalue weighted by molar-refractivity contribution is -0.107. The summed E-state index contributed by atoms with van der Waals surface area (Å²) >= 11 is 0. The minimum atomic E-state index is -0.815. The number of urea groups is 1. The highest BCUT2D eigenvalue weighted by atomic mass is 19.1. The zero-order valence-electron chi connectivity index (χ0n) is 11.6. The number of amides is 3. The van der Waals surface area contributed by atoms with Crippen LogP contribution in [0.1, 0.15) is 10.5 Å². The van der Waals surface area contributed by atoms with Crippen molar-refractivity contribution in [3.05, 3.63) is 36.4 Å². The Kier molecular flexibility index (Phi) is 3.41. The second kappa shape index (κ2) is 5.26. The van der Waals surface area contributed by atoms with E-state index in [1.165, 1.54) is 16.0 Å². The molecule has 1 saturated heterocycles. The first-order valence-corrected chi connectivity index (χ1v) is 6.59. The second-order valence-electron chi connectivity index (χ2n) is 4.93. The maximum atomic E-state index is 13.9. The van der Waals surface area contributed by atoms with Crippen LogP contribution in [0, 0.1) is 5.95 Å². The number of hydrogen-bond donors (Lipinski definition) is 1. The van der Waals surface area contributed by atoms with Gasteiger partial charge in [0.25, 0.3) is 5.91 Å². The van der Waals surface area contributed by atoms with E-state index in [9.17, 15) is 14.0 Å². The lowest BCUT2D eigenvalue weighted by atomic mass is 10.2. The van der Waals surface area contributed by atoms with E-state index in [1.54, 1.807) is 6.08 Å². The number of nitrogens with zero attached hydrogens (tertiary/aromatic N) is 4. The fraction of sp³-hybridized carbons (Fsp3) is 0.308. The van der Waals surface area contributed by atoms with Crippen molar-refractivity contribution in [3.8, 4) is 0 Å². The number of hydrogen-bond acceptors (Lipinski definition) is 4. The Morgan fingerprint density at radius 2 is 2.41 bits per heavy atom. The van der Waals surface area contributed by atoms with Gasteiger partial charge < -0.3 is 10.6 Å². The molecule has 0 aromatic carbocycles. The molecule has 2 bridgehead atoms. The molecular formula is C13H14FN5O3. The largest absolute Gasteiger partial charge is 0.364 e. The molecule has 9 heteroatoms. The number of carbonyl (C=O) groups excluding carboxylic acids is 2. The maximum absolute atomic E-state index is 13.9. The molecule has 22 heavy (non-hydrogen) atoms. The Balaban J connectivity index is 1.89. The fourth-order valence-electron chi connectivity index (χ4n) is 2.48. The maximum Gasteiger partial charge on any atom is 0.345 e. The summed E-state index contributed by atoms with van der Waals surface area (Å²) in [5.41, 5.74) is 5.36. The molecular weight excluding hydrogens is 293 g/mol. The van der Waals surface area contributed by atoms with Crippen molar-refractivity contribution in [2.75, 3.05) is 19.7 Å². The van der Waals surface area contributed by atoms with Crippen molar-refractivity contribution in [2.24, 2.45) is 5.73 Å². The van der Waals surface area contributed by atoms with Crippen molar-refractivity contribution in [1.29, 1.82) is 0 Å². The minimum absolute atomic E-state index is 0.167. The zero-order chi connectivity index (χ0) is 15.9. The third-order valence-electron chi connectivity index (χ3n) is 3.43. The third-order valence-corrected chi connectivity index (χ3v) is 3.43. The van der Waals surface area contributed by atoms with Gasteiger partial charge in [0.05, 0.1) is 24.9 Å². The standard InChI is InChI=1S/C13H14FN5O3/c1-2-3-22-19-9-4-8(6-17(7-9)13(19)21)18-11(14)5-10(16-18)12(15)20/h2,4-5,9H,1,3,6-7H2,(H2,15,20). The quantitative estimate of drug-likeness (QED) is 0.786. The molecule has 2 aliphatic rings. The van der Waals surface area contributed by atoms with Gasteiger partial charge in [-0.3, -0.25) is 9.63 Å². The molecule has 116 valence electrons. The van der Waals surface area contributed by atoms with E-state index in [2.05, 4.69) is 11.7 Å². The van der Waals surface area contributed by atoms with Gasteiger partial charge in [0.15, 0.2) is 5.69 Å². The second-order valence-corrected chi connectivity index (χ2v) is 4.93. The molecule has 0 aliphatic carbocycles. The Hall–Kier alpha value is -2.68. The molecule has 1 unspecified atom stereocenters. The molecule has 2 aliphatic heterocycles. The lowest BCUT2D eigenvalue weighted by Gasteiger charge is -2.21. The lowest BCUT2D eigenvalue weighted by Crippen LogP contribution is -2.33. The predicted molar refractivity (Wildman–Crippen MR) is 73.7 cm³/mol. The van der Waals surface area contributed by atoms with Gasteiger partial charge in [0.2, 0.25) is 5.95 Å². The molecule has 0 radical (unpaired) electrons. The number of hydroxylamine groups is 2. The van der Waals surface area contributed by atoms with Crippen LogP contribution in [0.15, 0.2) is 24.8 Å². The summed E-state index contributed by atoms with van der Waals surface area (Å²) in [6, 6.07) is 0.306. The summed E-state index contributed by atoms with van der Waals surface area (Å²) in [5, 5.41) is 5.05. The van der Waals surface area contributed by atoms with Crippen LogP contribution >= 0.6 is 0 Å². The predicted octanol–water partition coefficient (Wildman–Crippen LogP) is 0.199. The van der Waals surface area contributed by atoms with Gasteiger partial charge in [-0.15, -0.1) is 6.58 Å². The Morgan fingerprint density at radius 3 is 3.05 bits per heavy atom. The summed E-state index contributed by atoms with van der Waals surface area (Å²) in [7, 11) is 0. The van der Waals surface area contributed by atoms with Crippen LogP contribution < -0.4 is 5.73 Å². The van der Waals surface area contributed by atoms with E-state index in [0.29, 0.717) is 12.2 Å². The van der Waals surface area contributed by atoms with E-state index < -0.39 is 11.9 Å². The van der Waals surface area contributed by atoms with E-state index in [0.717, 1.165) is 10.7 Å². The number of primary amides is 1. The highest BCUT2D eigenvalue weighted by Crippen LogP contribution is 2.27. The van der Waals surface area contributed by atoms with Gasteiger partial charge in [-0.1, -0.05) is 6.08 Å². The zero-order valence-corrected chi connectivity index (χ0v) is 11.6. The molecule has 8 nitrogen and oxygen atoms in total. The molecule has 0 spiro atoms. The summed E-state index contributed by atoms with van der Waals surface area (Å²) in [5.74, 6) is -1.53. The molecule has 1 atom stereocenters.